The molecule has 0 radical (unpaired) electrons. The zero-order chi connectivity index (χ0) is 30.6. The van der Waals surface area contributed by atoms with E-state index in [1.54, 1.807) is 0 Å². The lowest BCUT2D eigenvalue weighted by Crippen LogP contribution is -1.93. The van der Waals surface area contributed by atoms with Gasteiger partial charge >= 0.3 is 0 Å². The van der Waals surface area contributed by atoms with Crippen molar-refractivity contribution in [3.05, 3.63) is 163 Å². The van der Waals surface area contributed by atoms with Crippen LogP contribution in [0.5, 0.6) is 0 Å². The van der Waals surface area contributed by atoms with Crippen LogP contribution in [0.4, 0.5) is 0 Å². The minimum atomic E-state index is 0.925. The van der Waals surface area contributed by atoms with Crippen LogP contribution < -0.4 is 0 Å². The molecule has 8 aromatic carbocycles. The lowest BCUT2D eigenvalue weighted by Gasteiger charge is -2.09. The molecular formula is C45H27NO. The van der Waals surface area contributed by atoms with Gasteiger partial charge in [0, 0.05) is 32.6 Å². The van der Waals surface area contributed by atoms with Crippen molar-refractivity contribution >= 4 is 65.3 Å². The van der Waals surface area contributed by atoms with Crippen molar-refractivity contribution < 1.29 is 4.42 Å². The van der Waals surface area contributed by atoms with Crippen LogP contribution in [0.25, 0.3) is 93.2 Å². The fraction of sp³-hybridized carbons (Fsp3) is 0.0222. The summed E-state index contributed by atoms with van der Waals surface area (Å²) in [6, 6.07) is 55.6. The van der Waals surface area contributed by atoms with E-state index >= 15 is 0 Å². The molecule has 0 atom stereocenters. The van der Waals surface area contributed by atoms with E-state index in [0.717, 1.165) is 17.6 Å². The molecule has 0 amide bonds. The Morgan fingerprint density at radius 1 is 0.447 bits per heavy atom. The molecule has 0 aliphatic heterocycles. The summed E-state index contributed by atoms with van der Waals surface area (Å²) in [5.41, 5.74) is 13.4. The highest BCUT2D eigenvalue weighted by Crippen LogP contribution is 2.45. The molecule has 0 fully saturated rings. The van der Waals surface area contributed by atoms with E-state index in [9.17, 15) is 0 Å². The Labute approximate surface area is 270 Å². The van der Waals surface area contributed by atoms with Gasteiger partial charge in [0.15, 0.2) is 0 Å². The Hall–Kier alpha value is -6.12. The van der Waals surface area contributed by atoms with Crippen molar-refractivity contribution in [2.24, 2.45) is 0 Å². The van der Waals surface area contributed by atoms with Crippen molar-refractivity contribution in [1.82, 2.24) is 4.57 Å². The Balaban J connectivity index is 1.11. The molecule has 2 heterocycles. The van der Waals surface area contributed by atoms with Crippen LogP contribution in [0.1, 0.15) is 11.1 Å². The van der Waals surface area contributed by atoms with Crippen molar-refractivity contribution in [3.63, 3.8) is 0 Å². The van der Waals surface area contributed by atoms with Crippen LogP contribution in [-0.4, -0.2) is 4.57 Å². The van der Waals surface area contributed by atoms with Crippen molar-refractivity contribution in [2.75, 3.05) is 0 Å². The van der Waals surface area contributed by atoms with Crippen LogP contribution in [0.3, 0.4) is 0 Å². The predicted molar refractivity (Wildman–Crippen MR) is 197 cm³/mol. The predicted octanol–water partition coefficient (Wildman–Crippen LogP) is 12.2. The Morgan fingerprint density at radius 3 is 2.04 bits per heavy atom. The molecule has 0 N–H and O–H groups in total. The molecule has 0 unspecified atom stereocenters. The first-order valence-corrected chi connectivity index (χ1v) is 16.3. The van der Waals surface area contributed by atoms with Gasteiger partial charge in [-0.3, -0.25) is 0 Å². The third-order valence-electron chi connectivity index (χ3n) is 10.4. The second kappa shape index (κ2) is 9.22. The second-order valence-electron chi connectivity index (χ2n) is 12.9. The topological polar surface area (TPSA) is 18.1 Å². The molecule has 218 valence electrons. The summed E-state index contributed by atoms with van der Waals surface area (Å²) < 4.78 is 8.93. The smallest absolute Gasteiger partial charge is 0.143 e. The zero-order valence-corrected chi connectivity index (χ0v) is 25.5. The molecule has 1 aliphatic rings. The minimum Gasteiger partial charge on any atom is -0.455 e. The molecule has 47 heavy (non-hydrogen) atoms. The molecule has 10 aromatic rings. The van der Waals surface area contributed by atoms with E-state index in [-0.39, 0.29) is 0 Å². The maximum Gasteiger partial charge on any atom is 0.143 e. The van der Waals surface area contributed by atoms with Crippen LogP contribution in [0.15, 0.2) is 156 Å². The number of hydrogen-bond acceptors (Lipinski definition) is 1. The van der Waals surface area contributed by atoms with Crippen molar-refractivity contribution in [3.8, 4) is 27.9 Å². The SMILES string of the molecule is c1ccc(-n2c3ccc(-c4ccc5c(c4)-c4cc6c(cc4C5)oc4c5ccccc5ccc64)cc3c3c4ccccc4ccc32)cc1. The number of furan rings is 1. The highest BCUT2D eigenvalue weighted by molar-refractivity contribution is 6.22. The number of fused-ring (bicyclic) bond motifs is 13. The largest absolute Gasteiger partial charge is 0.455 e. The average molecular weight is 598 g/mol. The summed E-state index contributed by atoms with van der Waals surface area (Å²) in [6.45, 7) is 0. The maximum atomic E-state index is 6.52. The van der Waals surface area contributed by atoms with E-state index in [1.807, 2.05) is 0 Å². The maximum absolute atomic E-state index is 6.52. The van der Waals surface area contributed by atoms with Crippen molar-refractivity contribution in [1.29, 1.82) is 0 Å². The van der Waals surface area contributed by atoms with Gasteiger partial charge in [-0.05, 0) is 111 Å². The molecular weight excluding hydrogens is 571 g/mol. The lowest BCUT2D eigenvalue weighted by atomic mass is 9.96. The minimum absolute atomic E-state index is 0.925. The molecule has 11 rings (SSSR count). The number of aromatic nitrogens is 1. The number of para-hydroxylation sites is 1. The van der Waals surface area contributed by atoms with Gasteiger partial charge in [0.25, 0.3) is 0 Å². The fourth-order valence-electron chi connectivity index (χ4n) is 8.18. The average Bonchev–Trinajstić information content (AvgIpc) is 3.79. The van der Waals surface area contributed by atoms with E-state index < -0.39 is 0 Å². The number of benzene rings is 8. The van der Waals surface area contributed by atoms with Crippen LogP contribution in [-0.2, 0) is 6.42 Å². The number of nitrogens with zero attached hydrogens (tertiary/aromatic N) is 1. The molecule has 0 spiro atoms. The van der Waals surface area contributed by atoms with Crippen LogP contribution in [0, 0.1) is 0 Å². The van der Waals surface area contributed by atoms with Gasteiger partial charge in [-0.25, -0.2) is 0 Å². The first-order chi connectivity index (χ1) is 23.3. The quantitative estimate of drug-likeness (QED) is 0.194. The van der Waals surface area contributed by atoms with E-state index in [0.29, 0.717) is 0 Å². The zero-order valence-electron chi connectivity index (χ0n) is 25.5. The summed E-state index contributed by atoms with van der Waals surface area (Å²) in [6.07, 6.45) is 0.925. The summed E-state index contributed by atoms with van der Waals surface area (Å²) in [5, 5.41) is 9.86. The molecule has 0 bridgehead atoms. The summed E-state index contributed by atoms with van der Waals surface area (Å²) in [7, 11) is 0. The normalized spacial score (nSPS) is 12.6. The van der Waals surface area contributed by atoms with E-state index in [1.165, 1.54) is 93.2 Å². The van der Waals surface area contributed by atoms with Gasteiger partial charge in [0.1, 0.15) is 11.2 Å². The molecule has 0 saturated heterocycles. The third-order valence-corrected chi connectivity index (χ3v) is 10.4. The van der Waals surface area contributed by atoms with Crippen LogP contribution >= 0.6 is 0 Å². The monoisotopic (exact) mass is 597 g/mol. The Bertz CT molecular complexity index is 2920. The number of hydrogen-bond donors (Lipinski definition) is 0. The lowest BCUT2D eigenvalue weighted by molar-refractivity contribution is 0.672. The van der Waals surface area contributed by atoms with Crippen molar-refractivity contribution in [2.45, 2.75) is 6.42 Å². The van der Waals surface area contributed by atoms with Gasteiger partial charge in [-0.1, -0.05) is 97.1 Å². The van der Waals surface area contributed by atoms with Gasteiger partial charge in [-0.2, -0.15) is 0 Å². The molecule has 2 aromatic heterocycles. The molecule has 0 saturated carbocycles. The third kappa shape index (κ3) is 3.50. The van der Waals surface area contributed by atoms with E-state index in [2.05, 4.69) is 156 Å². The Kier molecular flexibility index (Phi) is 4.92. The second-order valence-corrected chi connectivity index (χ2v) is 12.9. The van der Waals surface area contributed by atoms with E-state index in [4.69, 9.17) is 4.42 Å². The Morgan fingerprint density at radius 2 is 1.15 bits per heavy atom. The van der Waals surface area contributed by atoms with Gasteiger partial charge < -0.3 is 8.98 Å². The summed E-state index contributed by atoms with van der Waals surface area (Å²) in [4.78, 5) is 0. The van der Waals surface area contributed by atoms with Gasteiger partial charge in [-0.15, -0.1) is 0 Å². The summed E-state index contributed by atoms with van der Waals surface area (Å²) >= 11 is 0. The first-order valence-electron chi connectivity index (χ1n) is 16.3. The van der Waals surface area contributed by atoms with Gasteiger partial charge in [0.05, 0.1) is 11.0 Å². The van der Waals surface area contributed by atoms with Gasteiger partial charge in [0.2, 0.25) is 0 Å². The number of rotatable bonds is 2. The van der Waals surface area contributed by atoms with Crippen LogP contribution in [0.2, 0.25) is 0 Å². The first kappa shape index (κ1) is 25.1. The molecule has 2 nitrogen and oxygen atoms in total. The molecule has 2 heteroatoms. The highest BCUT2D eigenvalue weighted by atomic mass is 16.3. The fourth-order valence-corrected chi connectivity index (χ4v) is 8.18. The standard InChI is InChI=1S/C45H27NO/c1-2-10-33(11-3-1)46-41-20-18-30(24-40(41)44-34-12-6-4-8-27(34)17-21-42(44)46)29-14-15-31-22-32-25-43-39(26-38(32)37(31)23-29)36-19-16-28-9-5-7-13-35(28)45(36)47-43/h1-21,23-26H,22H2. The summed E-state index contributed by atoms with van der Waals surface area (Å²) in [5.74, 6) is 0. The highest BCUT2D eigenvalue weighted by Gasteiger charge is 2.23. The molecule has 1 aliphatic carbocycles.